The molecule has 1 aromatic carbocycles. The number of nitrogens with one attached hydrogen (secondary N) is 2. The smallest absolute Gasteiger partial charge is 0.250 e. The van der Waals surface area contributed by atoms with E-state index in [4.69, 9.17) is 16.3 Å². The number of carbonyl (C=O) groups excluding carboxylic acids is 2. The van der Waals surface area contributed by atoms with Crippen LogP contribution in [0.3, 0.4) is 0 Å². The van der Waals surface area contributed by atoms with Crippen molar-refractivity contribution < 1.29 is 14.3 Å². The molecule has 134 valence electrons. The van der Waals surface area contributed by atoms with E-state index in [2.05, 4.69) is 17.6 Å². The van der Waals surface area contributed by atoms with E-state index in [9.17, 15) is 9.59 Å². The van der Waals surface area contributed by atoms with Gasteiger partial charge in [0.05, 0.1) is 0 Å². The number of aryl methyl sites for hydroxylation is 1. The molecule has 0 heterocycles. The molecule has 6 heteroatoms. The highest BCUT2D eigenvalue weighted by atomic mass is 35.5. The van der Waals surface area contributed by atoms with Crippen LogP contribution in [0.2, 0.25) is 5.02 Å². The van der Waals surface area contributed by atoms with Crippen LogP contribution in [0.1, 0.15) is 45.1 Å². The molecule has 0 bridgehead atoms. The number of hydrogen-bond donors (Lipinski definition) is 2. The number of hydrogen-bond acceptors (Lipinski definition) is 3. The van der Waals surface area contributed by atoms with Gasteiger partial charge in [-0.1, -0.05) is 43.9 Å². The van der Waals surface area contributed by atoms with Gasteiger partial charge >= 0.3 is 0 Å². The van der Waals surface area contributed by atoms with E-state index in [-0.39, 0.29) is 31.1 Å². The van der Waals surface area contributed by atoms with Crippen molar-refractivity contribution in [3.63, 3.8) is 0 Å². The van der Waals surface area contributed by atoms with Gasteiger partial charge in [-0.2, -0.15) is 0 Å². The zero-order valence-electron chi connectivity index (χ0n) is 14.7. The number of halogens is 1. The summed E-state index contributed by atoms with van der Waals surface area (Å²) in [6, 6.07) is 5.39. The van der Waals surface area contributed by atoms with Crippen molar-refractivity contribution in [1.29, 1.82) is 0 Å². The molecule has 0 saturated heterocycles. The Balaban J connectivity index is 2.22. The highest BCUT2D eigenvalue weighted by molar-refractivity contribution is 6.31. The first-order chi connectivity index (χ1) is 11.4. The van der Waals surface area contributed by atoms with Gasteiger partial charge in [0.1, 0.15) is 13.2 Å². The van der Waals surface area contributed by atoms with Crippen molar-refractivity contribution in [3.05, 3.63) is 28.8 Å². The number of amides is 2. The molecular weight excluding hydrogens is 328 g/mol. The van der Waals surface area contributed by atoms with Gasteiger partial charge in [-0.05, 0) is 38.0 Å². The summed E-state index contributed by atoms with van der Waals surface area (Å²) in [6.07, 6.45) is 4.37. The topological polar surface area (TPSA) is 67.4 Å². The van der Waals surface area contributed by atoms with Crippen LogP contribution in [-0.2, 0) is 14.3 Å². The minimum atomic E-state index is -0.321. The summed E-state index contributed by atoms with van der Waals surface area (Å²) in [4.78, 5) is 23.5. The molecule has 1 rings (SSSR count). The van der Waals surface area contributed by atoms with E-state index in [0.717, 1.165) is 24.8 Å². The summed E-state index contributed by atoms with van der Waals surface area (Å²) >= 11 is 6.00. The van der Waals surface area contributed by atoms with Gasteiger partial charge in [0.25, 0.3) is 0 Å². The van der Waals surface area contributed by atoms with Gasteiger partial charge in [-0.3, -0.25) is 9.59 Å². The first kappa shape index (κ1) is 20.5. The van der Waals surface area contributed by atoms with Gasteiger partial charge in [0.2, 0.25) is 11.8 Å². The van der Waals surface area contributed by atoms with Crippen LogP contribution in [0, 0.1) is 6.92 Å². The second-order valence-electron chi connectivity index (χ2n) is 5.97. The molecule has 2 amide bonds. The van der Waals surface area contributed by atoms with E-state index in [1.54, 1.807) is 12.1 Å². The molecule has 24 heavy (non-hydrogen) atoms. The lowest BCUT2D eigenvalue weighted by Crippen LogP contribution is -2.36. The van der Waals surface area contributed by atoms with Gasteiger partial charge in [0.15, 0.2) is 0 Å². The van der Waals surface area contributed by atoms with Crippen LogP contribution in [-0.4, -0.2) is 31.1 Å². The van der Waals surface area contributed by atoms with Crippen LogP contribution in [0.4, 0.5) is 5.69 Å². The monoisotopic (exact) mass is 354 g/mol. The second kappa shape index (κ2) is 11.0. The highest BCUT2D eigenvalue weighted by Crippen LogP contribution is 2.19. The molecule has 0 aliphatic carbocycles. The summed E-state index contributed by atoms with van der Waals surface area (Å²) in [5.41, 5.74) is 1.55. The van der Waals surface area contributed by atoms with E-state index in [1.807, 2.05) is 19.9 Å². The quantitative estimate of drug-likeness (QED) is 0.630. The summed E-state index contributed by atoms with van der Waals surface area (Å²) in [5, 5.41) is 6.13. The van der Waals surface area contributed by atoms with E-state index >= 15 is 0 Å². The SMILES string of the molecule is CCCCC[C@H](C)NC(=O)COCC(=O)Nc1ccc(C)c(Cl)c1. The summed E-state index contributed by atoms with van der Waals surface area (Å²) in [7, 11) is 0. The molecular formula is C18H27ClN2O3. The third kappa shape index (κ3) is 8.31. The van der Waals surface area contributed by atoms with Crippen LogP contribution in [0.25, 0.3) is 0 Å². The van der Waals surface area contributed by atoms with Crippen molar-refractivity contribution >= 4 is 29.1 Å². The third-order valence-electron chi connectivity index (χ3n) is 3.57. The number of rotatable bonds is 10. The molecule has 5 nitrogen and oxygen atoms in total. The van der Waals surface area contributed by atoms with Crippen LogP contribution < -0.4 is 10.6 Å². The van der Waals surface area contributed by atoms with Crippen LogP contribution >= 0.6 is 11.6 Å². The Morgan fingerprint density at radius 3 is 2.58 bits per heavy atom. The lowest BCUT2D eigenvalue weighted by molar-refractivity contribution is -0.129. The molecule has 0 aliphatic rings. The summed E-state index contributed by atoms with van der Waals surface area (Å²) < 4.78 is 5.15. The predicted molar refractivity (Wildman–Crippen MR) is 97.4 cm³/mol. The Morgan fingerprint density at radius 2 is 1.92 bits per heavy atom. The molecule has 0 fully saturated rings. The Kier molecular flexibility index (Phi) is 9.42. The molecule has 0 saturated carbocycles. The summed E-state index contributed by atoms with van der Waals surface area (Å²) in [5.74, 6) is -0.524. The zero-order chi connectivity index (χ0) is 17.9. The van der Waals surface area contributed by atoms with Gasteiger partial charge < -0.3 is 15.4 Å². The Labute approximate surface area is 149 Å². The maximum atomic E-state index is 11.8. The lowest BCUT2D eigenvalue weighted by Gasteiger charge is -2.13. The van der Waals surface area contributed by atoms with Crippen molar-refractivity contribution in [2.45, 2.75) is 52.5 Å². The number of carbonyl (C=O) groups is 2. The maximum absolute atomic E-state index is 11.8. The molecule has 0 spiro atoms. The number of anilines is 1. The van der Waals surface area contributed by atoms with E-state index in [0.29, 0.717) is 10.7 Å². The largest absolute Gasteiger partial charge is 0.362 e. The maximum Gasteiger partial charge on any atom is 0.250 e. The Hall–Kier alpha value is -1.59. The third-order valence-corrected chi connectivity index (χ3v) is 3.98. The van der Waals surface area contributed by atoms with E-state index < -0.39 is 0 Å². The normalized spacial score (nSPS) is 11.8. The molecule has 2 N–H and O–H groups in total. The summed E-state index contributed by atoms with van der Waals surface area (Å²) in [6.45, 7) is 5.70. The van der Waals surface area contributed by atoms with E-state index in [1.165, 1.54) is 6.42 Å². The van der Waals surface area contributed by atoms with Gasteiger partial charge in [0, 0.05) is 16.8 Å². The van der Waals surface area contributed by atoms with Gasteiger partial charge in [-0.25, -0.2) is 0 Å². The fraction of sp³-hybridized carbons (Fsp3) is 0.556. The van der Waals surface area contributed by atoms with Crippen molar-refractivity contribution in [2.75, 3.05) is 18.5 Å². The molecule has 1 atom stereocenters. The van der Waals surface area contributed by atoms with Crippen molar-refractivity contribution in [1.82, 2.24) is 5.32 Å². The molecule has 0 aromatic heterocycles. The average molecular weight is 355 g/mol. The van der Waals surface area contributed by atoms with Gasteiger partial charge in [-0.15, -0.1) is 0 Å². The minimum absolute atomic E-state index is 0.121. The first-order valence-electron chi connectivity index (χ1n) is 8.35. The number of ether oxygens (including phenoxy) is 1. The van der Waals surface area contributed by atoms with Crippen molar-refractivity contribution in [3.8, 4) is 0 Å². The second-order valence-corrected chi connectivity index (χ2v) is 6.38. The minimum Gasteiger partial charge on any atom is -0.362 e. The first-order valence-corrected chi connectivity index (χ1v) is 8.73. The fourth-order valence-electron chi connectivity index (χ4n) is 2.19. The standard InChI is InChI=1S/C18H27ClN2O3/c1-4-5-6-7-14(3)20-17(22)11-24-12-18(23)21-15-9-8-13(2)16(19)10-15/h8-10,14H,4-7,11-12H2,1-3H3,(H,20,22)(H,21,23)/t14-/m0/s1. The van der Waals surface area contributed by atoms with Crippen LogP contribution in [0.5, 0.6) is 0 Å². The number of unbranched alkanes of at least 4 members (excludes halogenated alkanes) is 2. The Bertz CT molecular complexity index is 549. The number of benzene rings is 1. The molecule has 0 aliphatic heterocycles. The average Bonchev–Trinajstić information content (AvgIpc) is 2.51. The van der Waals surface area contributed by atoms with Crippen molar-refractivity contribution in [2.24, 2.45) is 0 Å². The lowest BCUT2D eigenvalue weighted by atomic mass is 10.1. The zero-order valence-corrected chi connectivity index (χ0v) is 15.4. The predicted octanol–water partition coefficient (Wildman–Crippen LogP) is 3.69. The van der Waals surface area contributed by atoms with Crippen LogP contribution in [0.15, 0.2) is 18.2 Å². The highest BCUT2D eigenvalue weighted by Gasteiger charge is 2.09. The molecule has 0 radical (unpaired) electrons. The molecule has 1 aromatic rings. The Morgan fingerprint density at radius 1 is 1.21 bits per heavy atom. The molecule has 0 unspecified atom stereocenters. The fourth-order valence-corrected chi connectivity index (χ4v) is 2.37.